The fourth-order valence-corrected chi connectivity index (χ4v) is 5.01. The summed E-state index contributed by atoms with van der Waals surface area (Å²) in [7, 11) is 0. The zero-order chi connectivity index (χ0) is 19.0. The summed E-state index contributed by atoms with van der Waals surface area (Å²) >= 11 is 0. The van der Waals surface area contributed by atoms with Crippen LogP contribution >= 0.6 is 0 Å². The van der Waals surface area contributed by atoms with Crippen LogP contribution in [-0.2, 0) is 17.6 Å². The van der Waals surface area contributed by atoms with Crippen LogP contribution < -0.4 is 0 Å². The Bertz CT molecular complexity index is 721. The molecule has 2 fully saturated rings. The molecule has 2 amide bonds. The number of nitrogens with zero attached hydrogens (tertiary/aromatic N) is 3. The third-order valence-corrected chi connectivity index (χ3v) is 6.82. The third kappa shape index (κ3) is 3.49. The first-order valence-electron chi connectivity index (χ1n) is 10.3. The molecule has 0 bridgehead atoms. The summed E-state index contributed by atoms with van der Waals surface area (Å²) in [5.74, 6) is 0.796. The zero-order valence-electron chi connectivity index (χ0n) is 16.2. The number of fused-ring (bicyclic) bond motifs is 1. The van der Waals surface area contributed by atoms with Crippen LogP contribution in [0.15, 0.2) is 0 Å². The van der Waals surface area contributed by atoms with E-state index in [9.17, 15) is 14.7 Å². The Morgan fingerprint density at radius 3 is 2.81 bits per heavy atom. The maximum Gasteiger partial charge on any atom is 0.274 e. The van der Waals surface area contributed by atoms with Crippen molar-refractivity contribution in [3.8, 4) is 0 Å². The second kappa shape index (κ2) is 7.26. The number of aromatic amines is 1. The lowest BCUT2D eigenvalue weighted by Crippen LogP contribution is -2.53. The van der Waals surface area contributed by atoms with E-state index in [1.807, 2.05) is 4.90 Å². The normalized spacial score (nSPS) is 25.0. The standard InChI is InChI=1S/C20H30N4O3/c1-14-2-3-16-15(12-14)18(22-21-16)19(27)23-8-6-20(7-9-23)5-4-17(26)24(13-20)10-11-25/h14,25H,2-13H2,1H3,(H,21,22). The van der Waals surface area contributed by atoms with Gasteiger partial charge < -0.3 is 14.9 Å². The Morgan fingerprint density at radius 2 is 2.07 bits per heavy atom. The molecule has 1 spiro atoms. The van der Waals surface area contributed by atoms with Gasteiger partial charge in [0.15, 0.2) is 5.69 Å². The Hall–Kier alpha value is -1.89. The minimum absolute atomic E-state index is 0.00905. The second-order valence-corrected chi connectivity index (χ2v) is 8.71. The van der Waals surface area contributed by atoms with Crippen LogP contribution in [0.2, 0.25) is 0 Å². The highest BCUT2D eigenvalue weighted by Crippen LogP contribution is 2.40. The van der Waals surface area contributed by atoms with Gasteiger partial charge in [-0.1, -0.05) is 6.92 Å². The van der Waals surface area contributed by atoms with Crippen molar-refractivity contribution in [2.45, 2.75) is 51.9 Å². The van der Waals surface area contributed by atoms with Crippen molar-refractivity contribution in [3.63, 3.8) is 0 Å². The van der Waals surface area contributed by atoms with Gasteiger partial charge in [-0.3, -0.25) is 14.7 Å². The number of aryl methyl sites for hydroxylation is 1. The highest BCUT2D eigenvalue weighted by atomic mass is 16.3. The van der Waals surface area contributed by atoms with E-state index in [0.717, 1.165) is 62.9 Å². The van der Waals surface area contributed by atoms with Crippen LogP contribution in [0, 0.1) is 11.3 Å². The van der Waals surface area contributed by atoms with Gasteiger partial charge in [0.25, 0.3) is 5.91 Å². The van der Waals surface area contributed by atoms with E-state index >= 15 is 0 Å². The number of amides is 2. The minimum Gasteiger partial charge on any atom is -0.395 e. The number of carbonyl (C=O) groups is 2. The van der Waals surface area contributed by atoms with Gasteiger partial charge in [-0.2, -0.15) is 5.10 Å². The molecule has 4 rings (SSSR count). The number of H-pyrrole nitrogens is 1. The van der Waals surface area contributed by atoms with Gasteiger partial charge >= 0.3 is 0 Å². The molecule has 1 aromatic rings. The molecule has 1 aromatic heterocycles. The zero-order valence-corrected chi connectivity index (χ0v) is 16.2. The van der Waals surface area contributed by atoms with Crippen LogP contribution in [0.3, 0.4) is 0 Å². The third-order valence-electron chi connectivity index (χ3n) is 6.82. The van der Waals surface area contributed by atoms with Crippen molar-refractivity contribution in [2.24, 2.45) is 11.3 Å². The Morgan fingerprint density at radius 1 is 1.30 bits per heavy atom. The number of likely N-dealkylation sites (tertiary alicyclic amines) is 2. The number of piperidine rings is 2. The van der Waals surface area contributed by atoms with Gasteiger partial charge in [0.05, 0.1) is 6.61 Å². The summed E-state index contributed by atoms with van der Waals surface area (Å²) in [5, 5.41) is 16.6. The highest BCUT2D eigenvalue weighted by molar-refractivity contribution is 5.94. The quantitative estimate of drug-likeness (QED) is 0.836. The second-order valence-electron chi connectivity index (χ2n) is 8.71. The highest BCUT2D eigenvalue weighted by Gasteiger charge is 2.42. The van der Waals surface area contributed by atoms with Gasteiger partial charge in [0, 0.05) is 43.9 Å². The molecule has 27 heavy (non-hydrogen) atoms. The van der Waals surface area contributed by atoms with E-state index in [1.165, 1.54) is 0 Å². The smallest absolute Gasteiger partial charge is 0.274 e. The molecular formula is C20H30N4O3. The molecular weight excluding hydrogens is 344 g/mol. The summed E-state index contributed by atoms with van der Waals surface area (Å²) in [6, 6.07) is 0. The number of nitrogens with one attached hydrogen (secondary N) is 1. The lowest BCUT2D eigenvalue weighted by molar-refractivity contribution is -0.139. The molecule has 2 saturated heterocycles. The minimum atomic E-state index is 0.00905. The number of hydrogen-bond acceptors (Lipinski definition) is 4. The number of rotatable bonds is 3. The number of hydrogen-bond donors (Lipinski definition) is 2. The molecule has 2 aliphatic heterocycles. The van der Waals surface area contributed by atoms with Crippen LogP contribution in [-0.4, -0.2) is 69.7 Å². The molecule has 1 unspecified atom stereocenters. The first-order chi connectivity index (χ1) is 13.0. The van der Waals surface area contributed by atoms with Crippen LogP contribution in [0.25, 0.3) is 0 Å². The summed E-state index contributed by atoms with van der Waals surface area (Å²) in [6.45, 7) is 4.81. The van der Waals surface area contributed by atoms with Gasteiger partial charge in [-0.15, -0.1) is 0 Å². The maximum atomic E-state index is 13.1. The summed E-state index contributed by atoms with van der Waals surface area (Å²) in [5.41, 5.74) is 2.97. The molecule has 2 N–H and O–H groups in total. The molecule has 7 heteroatoms. The molecule has 3 aliphatic rings. The molecule has 7 nitrogen and oxygen atoms in total. The van der Waals surface area contributed by atoms with Crippen molar-refractivity contribution in [1.29, 1.82) is 0 Å². The van der Waals surface area contributed by atoms with E-state index in [1.54, 1.807) is 4.90 Å². The van der Waals surface area contributed by atoms with Crippen molar-refractivity contribution >= 4 is 11.8 Å². The number of carbonyl (C=O) groups excluding carboxylic acids is 2. The fraction of sp³-hybridized carbons (Fsp3) is 0.750. The van der Waals surface area contributed by atoms with E-state index < -0.39 is 0 Å². The lowest BCUT2D eigenvalue weighted by atomic mass is 9.72. The van der Waals surface area contributed by atoms with Gasteiger partial charge in [0.1, 0.15) is 0 Å². The Balaban J connectivity index is 1.42. The fourth-order valence-electron chi connectivity index (χ4n) is 5.01. The van der Waals surface area contributed by atoms with E-state index in [2.05, 4.69) is 17.1 Å². The monoisotopic (exact) mass is 374 g/mol. The number of aromatic nitrogens is 2. The summed E-state index contributed by atoms with van der Waals surface area (Å²) < 4.78 is 0. The first-order valence-corrected chi connectivity index (χ1v) is 10.3. The molecule has 3 heterocycles. The number of aliphatic hydroxyl groups is 1. The molecule has 0 radical (unpaired) electrons. The van der Waals surface area contributed by atoms with E-state index in [-0.39, 0.29) is 23.8 Å². The van der Waals surface area contributed by atoms with Crippen LogP contribution in [0.4, 0.5) is 0 Å². The van der Waals surface area contributed by atoms with Crippen LogP contribution in [0.5, 0.6) is 0 Å². The molecule has 1 aliphatic carbocycles. The van der Waals surface area contributed by atoms with Crippen LogP contribution in [0.1, 0.15) is 60.8 Å². The van der Waals surface area contributed by atoms with Crippen molar-refractivity contribution in [3.05, 3.63) is 17.0 Å². The first kappa shape index (κ1) is 18.5. The maximum absolute atomic E-state index is 13.1. The average molecular weight is 374 g/mol. The van der Waals surface area contributed by atoms with Gasteiger partial charge in [-0.05, 0) is 49.9 Å². The van der Waals surface area contributed by atoms with E-state index in [4.69, 9.17) is 0 Å². The average Bonchev–Trinajstić information content (AvgIpc) is 3.08. The van der Waals surface area contributed by atoms with Crippen molar-refractivity contribution in [2.75, 3.05) is 32.8 Å². The topological polar surface area (TPSA) is 89.5 Å². The van der Waals surface area contributed by atoms with Gasteiger partial charge in [-0.25, -0.2) is 0 Å². The predicted octanol–water partition coefficient (Wildman–Crippen LogP) is 1.37. The molecule has 0 aromatic carbocycles. The number of aliphatic hydroxyl groups excluding tert-OH is 1. The summed E-state index contributed by atoms with van der Waals surface area (Å²) in [6.07, 6.45) is 6.34. The van der Waals surface area contributed by atoms with Crippen molar-refractivity contribution < 1.29 is 14.7 Å². The number of β-amino-alcohol motifs (C(OH)–C–C–N with tert-alkyl or cyclic N) is 1. The van der Waals surface area contributed by atoms with Gasteiger partial charge in [0.2, 0.25) is 5.91 Å². The lowest BCUT2D eigenvalue weighted by Gasteiger charge is -2.47. The molecule has 1 atom stereocenters. The molecule has 148 valence electrons. The predicted molar refractivity (Wildman–Crippen MR) is 100 cm³/mol. The molecule has 0 saturated carbocycles. The van der Waals surface area contributed by atoms with Crippen molar-refractivity contribution in [1.82, 2.24) is 20.0 Å². The Kier molecular flexibility index (Phi) is 4.97. The van der Waals surface area contributed by atoms with E-state index in [0.29, 0.717) is 31.1 Å². The largest absolute Gasteiger partial charge is 0.395 e. The summed E-state index contributed by atoms with van der Waals surface area (Å²) in [4.78, 5) is 28.9. The SMILES string of the molecule is CC1CCc2[nH]nc(C(=O)N3CCC4(CCC(=O)N(CCO)C4)CC3)c2C1. The Labute approximate surface area is 160 Å².